The quantitative estimate of drug-likeness (QED) is 0.299. The van der Waals surface area contributed by atoms with Crippen LogP contribution in [0.1, 0.15) is 43.9 Å². The lowest BCUT2D eigenvalue weighted by molar-refractivity contribution is -0.137. The van der Waals surface area contributed by atoms with E-state index in [1.165, 1.54) is 18.2 Å². The van der Waals surface area contributed by atoms with Crippen LogP contribution in [0.15, 0.2) is 56.6 Å². The van der Waals surface area contributed by atoms with E-state index < -0.39 is 27.7 Å². The van der Waals surface area contributed by atoms with Crippen molar-refractivity contribution in [1.29, 1.82) is 0 Å². The van der Waals surface area contributed by atoms with Crippen molar-refractivity contribution in [2.24, 2.45) is 5.92 Å². The van der Waals surface area contributed by atoms with Gasteiger partial charge in [0.1, 0.15) is 17.4 Å². The van der Waals surface area contributed by atoms with E-state index in [4.69, 9.17) is 9.15 Å². The fourth-order valence-corrected chi connectivity index (χ4v) is 4.88. The molecule has 0 fully saturated rings. The summed E-state index contributed by atoms with van der Waals surface area (Å²) in [7, 11) is -3.95. The van der Waals surface area contributed by atoms with Crippen LogP contribution in [0, 0.1) is 19.8 Å². The number of hydrogen-bond acceptors (Lipinski definition) is 6. The number of carbonyl (C=O) groups excluding carboxylic acids is 1. The summed E-state index contributed by atoms with van der Waals surface area (Å²) in [6, 6.07) is 10.1. The molecule has 33 heavy (non-hydrogen) atoms. The molecule has 0 aliphatic carbocycles. The predicted molar refractivity (Wildman–Crippen MR) is 127 cm³/mol. The average Bonchev–Trinajstić information content (AvgIpc) is 2.76. The van der Waals surface area contributed by atoms with E-state index in [1.54, 1.807) is 38.1 Å². The van der Waals surface area contributed by atoms with Crippen LogP contribution >= 0.6 is 0 Å². The van der Waals surface area contributed by atoms with Gasteiger partial charge in [0.25, 0.3) is 0 Å². The largest absolute Gasteiger partial charge is 0.425 e. The van der Waals surface area contributed by atoms with Crippen LogP contribution in [-0.2, 0) is 21.2 Å². The first kappa shape index (κ1) is 24.7. The van der Waals surface area contributed by atoms with Crippen LogP contribution in [0.5, 0.6) is 5.75 Å². The second-order valence-corrected chi connectivity index (χ2v) is 10.0. The second-order valence-electron chi connectivity index (χ2n) is 8.30. The van der Waals surface area contributed by atoms with Gasteiger partial charge in [-0.15, -0.1) is 0 Å². The summed E-state index contributed by atoms with van der Waals surface area (Å²) in [6.45, 7) is 9.20. The third-order valence-corrected chi connectivity index (χ3v) is 7.16. The molecule has 0 spiro atoms. The van der Waals surface area contributed by atoms with E-state index in [0.29, 0.717) is 29.4 Å². The summed E-state index contributed by atoms with van der Waals surface area (Å²) < 4.78 is 39.5. The maximum atomic E-state index is 13.3. The van der Waals surface area contributed by atoms with Crippen molar-refractivity contribution in [3.8, 4) is 5.75 Å². The summed E-state index contributed by atoms with van der Waals surface area (Å²) >= 11 is 0. The molecule has 0 bridgehead atoms. The van der Waals surface area contributed by atoms with Crippen molar-refractivity contribution >= 4 is 27.0 Å². The van der Waals surface area contributed by atoms with Gasteiger partial charge in [-0.1, -0.05) is 44.9 Å². The highest BCUT2D eigenvalue weighted by atomic mass is 32.2. The van der Waals surface area contributed by atoms with Gasteiger partial charge in [0.2, 0.25) is 10.0 Å². The summed E-state index contributed by atoms with van der Waals surface area (Å²) in [5.74, 6) is -0.809. The molecule has 3 aromatic rings. The first-order chi connectivity index (χ1) is 15.6. The molecule has 176 valence electrons. The molecule has 0 amide bonds. The van der Waals surface area contributed by atoms with Crippen molar-refractivity contribution in [1.82, 2.24) is 4.72 Å². The maximum absolute atomic E-state index is 13.3. The number of nitrogens with one attached hydrogen (secondary N) is 1. The molecular formula is C25H29NO6S. The molecular weight excluding hydrogens is 442 g/mol. The zero-order valence-electron chi connectivity index (χ0n) is 19.5. The normalized spacial score (nSPS) is 13.6. The lowest BCUT2D eigenvalue weighted by atomic mass is 10.00. The fraction of sp³-hybridized carbons (Fsp3) is 0.360. The summed E-state index contributed by atoms with van der Waals surface area (Å²) in [4.78, 5) is 25.2. The third kappa shape index (κ3) is 5.51. The topological polar surface area (TPSA) is 103 Å². The number of rotatable bonds is 8. The molecule has 2 aromatic carbocycles. The van der Waals surface area contributed by atoms with Crippen molar-refractivity contribution < 1.29 is 22.4 Å². The highest BCUT2D eigenvalue weighted by molar-refractivity contribution is 7.89. The minimum absolute atomic E-state index is 0.0743. The lowest BCUT2D eigenvalue weighted by Crippen LogP contribution is -2.47. The molecule has 1 N–H and O–H groups in total. The Bertz CT molecular complexity index is 1330. The van der Waals surface area contributed by atoms with E-state index in [2.05, 4.69) is 4.72 Å². The van der Waals surface area contributed by atoms with Gasteiger partial charge in [-0.25, -0.2) is 18.0 Å². The Kier molecular flexibility index (Phi) is 7.39. The Morgan fingerprint density at radius 1 is 1.06 bits per heavy atom. The van der Waals surface area contributed by atoms with Crippen molar-refractivity contribution in [2.45, 2.75) is 58.4 Å². The first-order valence-corrected chi connectivity index (χ1v) is 12.4. The highest BCUT2D eigenvalue weighted by Crippen LogP contribution is 2.31. The minimum atomic E-state index is -3.95. The number of ether oxygens (including phenoxy) is 1. The van der Waals surface area contributed by atoms with Gasteiger partial charge in [0.05, 0.1) is 10.3 Å². The minimum Gasteiger partial charge on any atom is -0.425 e. The van der Waals surface area contributed by atoms with Crippen LogP contribution < -0.4 is 15.1 Å². The number of benzene rings is 2. The summed E-state index contributed by atoms with van der Waals surface area (Å²) in [6.07, 6.45) is 1.09. The number of carbonyl (C=O) groups is 1. The number of esters is 1. The van der Waals surface area contributed by atoms with E-state index >= 15 is 0 Å². The molecule has 0 saturated carbocycles. The van der Waals surface area contributed by atoms with Crippen molar-refractivity contribution in [3.05, 3.63) is 69.6 Å². The van der Waals surface area contributed by atoms with Crippen LogP contribution in [-0.4, -0.2) is 20.4 Å². The molecule has 2 atom stereocenters. The SMILES string of the molecule is CCc1cc(=O)oc2cc(C)cc(OC(=O)[C@@H](NS(=O)(=O)c3ccc(C)cc3)[C@@H](C)CC)c12. The molecule has 7 nitrogen and oxygen atoms in total. The predicted octanol–water partition coefficient (Wildman–Crippen LogP) is 4.27. The van der Waals surface area contributed by atoms with E-state index in [0.717, 1.165) is 11.1 Å². The Balaban J connectivity index is 2.00. The number of sulfonamides is 1. The van der Waals surface area contributed by atoms with Crippen LogP contribution in [0.2, 0.25) is 0 Å². The third-order valence-electron chi connectivity index (χ3n) is 5.71. The zero-order valence-corrected chi connectivity index (χ0v) is 20.3. The fourth-order valence-electron chi connectivity index (χ4n) is 3.59. The molecule has 0 radical (unpaired) electrons. The first-order valence-electron chi connectivity index (χ1n) is 10.9. The van der Waals surface area contributed by atoms with Crippen molar-refractivity contribution in [3.63, 3.8) is 0 Å². The van der Waals surface area contributed by atoms with Crippen molar-refractivity contribution in [2.75, 3.05) is 0 Å². The molecule has 0 aliphatic heterocycles. The van der Waals surface area contributed by atoms with Gasteiger partial charge in [-0.2, -0.15) is 4.72 Å². The Morgan fingerprint density at radius 2 is 1.73 bits per heavy atom. The van der Waals surface area contributed by atoms with Crippen LogP contribution in [0.4, 0.5) is 0 Å². The van der Waals surface area contributed by atoms with Gasteiger partial charge >= 0.3 is 11.6 Å². The summed E-state index contributed by atoms with van der Waals surface area (Å²) in [5.41, 5.74) is 2.19. The van der Waals surface area contributed by atoms with Gasteiger partial charge in [0.15, 0.2) is 0 Å². The average molecular weight is 472 g/mol. The second kappa shape index (κ2) is 9.89. The van der Waals surface area contributed by atoms with Crippen LogP contribution in [0.25, 0.3) is 11.0 Å². The Morgan fingerprint density at radius 3 is 2.33 bits per heavy atom. The molecule has 3 rings (SSSR count). The van der Waals surface area contributed by atoms with Gasteiger partial charge < -0.3 is 9.15 Å². The molecule has 0 unspecified atom stereocenters. The van der Waals surface area contributed by atoms with Crippen LogP contribution in [0.3, 0.4) is 0 Å². The molecule has 1 heterocycles. The van der Waals surface area contributed by atoms with Gasteiger partial charge in [0, 0.05) is 6.07 Å². The maximum Gasteiger partial charge on any atom is 0.336 e. The molecule has 0 saturated heterocycles. The Labute approximate surface area is 193 Å². The lowest BCUT2D eigenvalue weighted by Gasteiger charge is -2.23. The zero-order chi connectivity index (χ0) is 24.3. The monoisotopic (exact) mass is 471 g/mol. The van der Waals surface area contributed by atoms with Gasteiger partial charge in [-0.05, 0) is 61.6 Å². The highest BCUT2D eigenvalue weighted by Gasteiger charge is 2.32. The molecule has 8 heteroatoms. The van der Waals surface area contributed by atoms with E-state index in [9.17, 15) is 18.0 Å². The van der Waals surface area contributed by atoms with E-state index in [-0.39, 0.29) is 16.6 Å². The summed E-state index contributed by atoms with van der Waals surface area (Å²) in [5, 5.41) is 0.528. The van der Waals surface area contributed by atoms with E-state index in [1.807, 2.05) is 20.8 Å². The number of fused-ring (bicyclic) bond motifs is 1. The Hall–Kier alpha value is -2.97. The molecule has 1 aromatic heterocycles. The van der Waals surface area contributed by atoms with Gasteiger partial charge in [-0.3, -0.25) is 0 Å². The smallest absolute Gasteiger partial charge is 0.336 e. The molecule has 0 aliphatic rings. The standard InChI is InChI=1S/C25H29NO6S/c1-6-17(5)24(26-33(29,30)19-10-8-15(3)9-11-19)25(28)32-21-13-16(4)12-20-23(21)18(7-2)14-22(27)31-20/h8-14,17,24,26H,6-7H2,1-5H3/t17-,24-/m0/s1. The number of aryl methyl sites for hydroxylation is 3. The number of hydrogen-bond donors (Lipinski definition) is 1.